The molecule has 0 radical (unpaired) electrons. The Morgan fingerprint density at radius 1 is 1.33 bits per heavy atom. The minimum Gasteiger partial charge on any atom is -0.376 e. The van der Waals surface area contributed by atoms with Gasteiger partial charge in [-0.3, -0.25) is 4.57 Å². The summed E-state index contributed by atoms with van der Waals surface area (Å²) in [6, 6.07) is 10.2. The zero-order chi connectivity index (χ0) is 18.6. The van der Waals surface area contributed by atoms with Crippen LogP contribution >= 0.6 is 34.7 Å². The molecule has 0 amide bonds. The summed E-state index contributed by atoms with van der Waals surface area (Å²) in [5.41, 5.74) is 2.33. The lowest BCUT2D eigenvalue weighted by atomic mass is 10.2. The van der Waals surface area contributed by atoms with E-state index >= 15 is 0 Å². The fraction of sp³-hybridized carbons (Fsp3) is 0.400. The van der Waals surface area contributed by atoms with Gasteiger partial charge >= 0.3 is 0 Å². The van der Waals surface area contributed by atoms with E-state index in [2.05, 4.69) is 39.2 Å². The Morgan fingerprint density at radius 3 is 3.00 bits per heavy atom. The summed E-state index contributed by atoms with van der Waals surface area (Å²) in [5.74, 6) is 1.75. The van der Waals surface area contributed by atoms with Crippen molar-refractivity contribution in [2.24, 2.45) is 0 Å². The molecule has 3 aromatic rings. The second-order valence-corrected chi connectivity index (χ2v) is 9.00. The van der Waals surface area contributed by atoms with E-state index in [1.165, 1.54) is 10.4 Å². The highest BCUT2D eigenvalue weighted by molar-refractivity contribution is 7.98. The highest BCUT2D eigenvalue weighted by atomic mass is 35.5. The highest BCUT2D eigenvalue weighted by Crippen LogP contribution is 2.31. The number of thioether (sulfide) groups is 1. The molecule has 4 rings (SSSR count). The van der Waals surface area contributed by atoms with Crippen LogP contribution < -0.4 is 0 Å². The van der Waals surface area contributed by atoms with Gasteiger partial charge in [-0.25, -0.2) is 0 Å². The molecule has 7 heteroatoms. The Kier molecular flexibility index (Phi) is 6.18. The van der Waals surface area contributed by atoms with Gasteiger partial charge in [-0.1, -0.05) is 42.4 Å². The number of thiophene rings is 1. The van der Waals surface area contributed by atoms with E-state index in [1.807, 2.05) is 18.2 Å². The Labute approximate surface area is 172 Å². The van der Waals surface area contributed by atoms with Crippen molar-refractivity contribution >= 4 is 34.7 Å². The molecule has 2 aromatic heterocycles. The van der Waals surface area contributed by atoms with Gasteiger partial charge in [0.1, 0.15) is 0 Å². The molecule has 0 N–H and O–H groups in total. The number of ether oxygens (including phenoxy) is 1. The van der Waals surface area contributed by atoms with Crippen molar-refractivity contribution in [1.82, 2.24) is 14.8 Å². The first-order valence-electron chi connectivity index (χ1n) is 9.22. The normalized spacial score (nSPS) is 16.9. The van der Waals surface area contributed by atoms with E-state index in [4.69, 9.17) is 16.3 Å². The first-order valence-corrected chi connectivity index (χ1v) is 11.5. The van der Waals surface area contributed by atoms with E-state index in [9.17, 15) is 0 Å². The summed E-state index contributed by atoms with van der Waals surface area (Å²) in [5, 5.41) is 12.9. The molecular weight excluding hydrogens is 398 g/mol. The maximum absolute atomic E-state index is 6.11. The number of aryl methyl sites for hydroxylation is 1. The molecule has 27 heavy (non-hydrogen) atoms. The molecule has 0 spiro atoms. The second kappa shape index (κ2) is 8.78. The summed E-state index contributed by atoms with van der Waals surface area (Å²) in [6.07, 6.45) is 3.52. The molecule has 3 heterocycles. The van der Waals surface area contributed by atoms with Crippen LogP contribution in [0.25, 0.3) is 11.4 Å². The molecule has 4 nitrogen and oxygen atoms in total. The van der Waals surface area contributed by atoms with E-state index in [0.29, 0.717) is 0 Å². The summed E-state index contributed by atoms with van der Waals surface area (Å²) < 4.78 is 8.11. The van der Waals surface area contributed by atoms with Crippen LogP contribution in [0.2, 0.25) is 5.02 Å². The number of rotatable bonds is 7. The van der Waals surface area contributed by atoms with Crippen molar-refractivity contribution in [3.63, 3.8) is 0 Å². The van der Waals surface area contributed by atoms with E-state index in [0.717, 1.165) is 59.7 Å². The average molecular weight is 420 g/mol. The molecule has 1 fully saturated rings. The SMILES string of the molecule is CCc1cc(-c2nnc(SCc3cccc(Cl)c3)n2CC2CCCO2)cs1. The third-order valence-corrected chi connectivity index (χ3v) is 7.00. The number of halogens is 1. The fourth-order valence-electron chi connectivity index (χ4n) is 3.22. The van der Waals surface area contributed by atoms with Gasteiger partial charge in [-0.15, -0.1) is 21.5 Å². The zero-order valence-electron chi connectivity index (χ0n) is 15.2. The number of nitrogens with zero attached hydrogens (tertiary/aromatic N) is 3. The molecule has 1 aliphatic heterocycles. The Morgan fingerprint density at radius 2 is 2.26 bits per heavy atom. The topological polar surface area (TPSA) is 39.9 Å². The Bertz CT molecular complexity index is 902. The predicted molar refractivity (Wildman–Crippen MR) is 113 cm³/mol. The van der Waals surface area contributed by atoms with Crippen molar-refractivity contribution < 1.29 is 4.74 Å². The fourth-order valence-corrected chi connectivity index (χ4v) is 5.14. The van der Waals surface area contributed by atoms with Gasteiger partial charge in [-0.2, -0.15) is 0 Å². The van der Waals surface area contributed by atoms with Crippen LogP contribution in [0, 0.1) is 0 Å². The maximum atomic E-state index is 6.11. The monoisotopic (exact) mass is 419 g/mol. The van der Waals surface area contributed by atoms with Gasteiger partial charge in [0.05, 0.1) is 12.6 Å². The van der Waals surface area contributed by atoms with Gasteiger partial charge < -0.3 is 4.74 Å². The van der Waals surface area contributed by atoms with Crippen molar-refractivity contribution in [1.29, 1.82) is 0 Å². The van der Waals surface area contributed by atoms with E-state index in [1.54, 1.807) is 23.1 Å². The third-order valence-electron chi connectivity index (χ3n) is 4.64. The Balaban J connectivity index is 1.59. The van der Waals surface area contributed by atoms with Crippen molar-refractivity contribution in [3.8, 4) is 11.4 Å². The smallest absolute Gasteiger partial charge is 0.191 e. The summed E-state index contributed by atoms with van der Waals surface area (Å²) in [7, 11) is 0. The largest absolute Gasteiger partial charge is 0.376 e. The number of aromatic nitrogens is 3. The molecular formula is C20H22ClN3OS2. The highest BCUT2D eigenvalue weighted by Gasteiger charge is 2.22. The van der Waals surface area contributed by atoms with Crippen molar-refractivity contribution in [2.45, 2.75) is 49.7 Å². The van der Waals surface area contributed by atoms with Crippen molar-refractivity contribution in [3.05, 3.63) is 51.2 Å². The standard InChI is InChI=1S/C20H22ClN3OS2/c1-2-18-10-15(13-26-18)19-22-23-20(24(19)11-17-7-4-8-25-17)27-12-14-5-3-6-16(21)9-14/h3,5-6,9-10,13,17H,2,4,7-8,11-12H2,1H3. The molecule has 1 saturated heterocycles. The molecule has 0 aliphatic carbocycles. The van der Waals surface area contributed by atoms with E-state index < -0.39 is 0 Å². The first kappa shape index (κ1) is 19.0. The van der Waals surface area contributed by atoms with Gasteiger partial charge in [0.25, 0.3) is 0 Å². The number of benzene rings is 1. The van der Waals surface area contributed by atoms with Gasteiger partial charge in [-0.05, 0) is 43.0 Å². The zero-order valence-corrected chi connectivity index (χ0v) is 17.6. The quantitative estimate of drug-likeness (QED) is 0.461. The van der Waals surface area contributed by atoms with E-state index in [-0.39, 0.29) is 6.10 Å². The van der Waals surface area contributed by atoms with Crippen LogP contribution in [0.1, 0.15) is 30.2 Å². The molecule has 1 aliphatic rings. The van der Waals surface area contributed by atoms with Gasteiger partial charge in [0.2, 0.25) is 0 Å². The lowest BCUT2D eigenvalue weighted by molar-refractivity contribution is 0.0953. The van der Waals surface area contributed by atoms with Gasteiger partial charge in [0.15, 0.2) is 11.0 Å². The van der Waals surface area contributed by atoms with Crippen LogP contribution in [0.5, 0.6) is 0 Å². The summed E-state index contributed by atoms with van der Waals surface area (Å²) in [4.78, 5) is 1.37. The molecule has 1 unspecified atom stereocenters. The maximum Gasteiger partial charge on any atom is 0.191 e. The molecule has 1 aromatic carbocycles. The van der Waals surface area contributed by atoms with Crippen LogP contribution in [-0.2, 0) is 23.5 Å². The lowest BCUT2D eigenvalue weighted by Crippen LogP contribution is -2.16. The van der Waals surface area contributed by atoms with Crippen molar-refractivity contribution in [2.75, 3.05) is 6.61 Å². The number of hydrogen-bond donors (Lipinski definition) is 0. The summed E-state index contributed by atoms with van der Waals surface area (Å²) >= 11 is 9.60. The van der Waals surface area contributed by atoms with Crippen LogP contribution in [0.15, 0.2) is 40.9 Å². The minimum absolute atomic E-state index is 0.245. The average Bonchev–Trinajstić information content (AvgIpc) is 3.41. The van der Waals surface area contributed by atoms with Crippen LogP contribution in [0.3, 0.4) is 0 Å². The molecule has 142 valence electrons. The van der Waals surface area contributed by atoms with Crippen LogP contribution in [0.4, 0.5) is 0 Å². The first-order chi connectivity index (χ1) is 13.2. The predicted octanol–water partition coefficient (Wildman–Crippen LogP) is 5.69. The van der Waals surface area contributed by atoms with Crippen LogP contribution in [-0.4, -0.2) is 27.5 Å². The second-order valence-electron chi connectivity index (χ2n) is 6.63. The number of hydrogen-bond acceptors (Lipinski definition) is 5. The van der Waals surface area contributed by atoms with Gasteiger partial charge in [0, 0.05) is 33.2 Å². The Hall–Kier alpha value is -1.34. The minimum atomic E-state index is 0.245. The molecule has 1 atom stereocenters. The third kappa shape index (κ3) is 4.57. The molecule has 0 bridgehead atoms. The lowest BCUT2D eigenvalue weighted by Gasteiger charge is -2.14. The molecule has 0 saturated carbocycles. The summed E-state index contributed by atoms with van der Waals surface area (Å²) in [6.45, 7) is 3.84.